The zero-order valence-electron chi connectivity index (χ0n) is 20.0. The number of thiazole rings is 1. The second-order valence-electron chi connectivity index (χ2n) is 8.29. The van der Waals surface area contributed by atoms with Gasteiger partial charge in [0.15, 0.2) is 10.1 Å². The molecule has 10 nitrogen and oxygen atoms in total. The molecule has 3 heterocycles. The third-order valence-corrected chi connectivity index (χ3v) is 8.96. The van der Waals surface area contributed by atoms with Crippen LogP contribution in [-0.4, -0.2) is 36.9 Å². The normalized spacial score (nSPS) is 15.4. The van der Waals surface area contributed by atoms with Crippen LogP contribution in [0.5, 0.6) is 0 Å². The van der Waals surface area contributed by atoms with Crippen molar-refractivity contribution >= 4 is 56.9 Å². The van der Waals surface area contributed by atoms with Crippen molar-refractivity contribution in [3.8, 4) is 0 Å². The first-order chi connectivity index (χ1) is 18.2. The number of ketones is 1. The largest absolute Gasteiger partial charge is 0.503 e. The van der Waals surface area contributed by atoms with Crippen LogP contribution in [0.4, 0.5) is 10.8 Å². The third-order valence-electron chi connectivity index (χ3n) is 5.77. The minimum atomic E-state index is -1.14. The van der Waals surface area contributed by atoms with Crippen molar-refractivity contribution in [1.82, 2.24) is 15.2 Å². The number of carbonyl (C=O) groups is 2. The topological polar surface area (TPSA) is 139 Å². The number of hydrogen-bond donors (Lipinski definition) is 1. The van der Waals surface area contributed by atoms with Crippen molar-refractivity contribution < 1.29 is 19.6 Å². The Labute approximate surface area is 228 Å². The summed E-state index contributed by atoms with van der Waals surface area (Å²) in [6, 6.07) is 14.3. The van der Waals surface area contributed by atoms with Gasteiger partial charge in [-0.2, -0.15) is 0 Å². The molecule has 2 aromatic carbocycles. The van der Waals surface area contributed by atoms with E-state index in [-0.39, 0.29) is 26.8 Å². The summed E-state index contributed by atoms with van der Waals surface area (Å²) in [7, 11) is 0. The molecule has 0 radical (unpaired) electrons. The summed E-state index contributed by atoms with van der Waals surface area (Å²) in [4.78, 5) is 43.8. The second-order valence-corrected chi connectivity index (χ2v) is 11.7. The van der Waals surface area contributed by atoms with E-state index in [1.807, 2.05) is 30.3 Å². The summed E-state index contributed by atoms with van der Waals surface area (Å²) in [5.74, 6) is -1.50. The average molecular weight is 566 g/mol. The maximum absolute atomic E-state index is 13.7. The SMILES string of the molecule is Cc1nc(C)c(C(=O)C2=C(O)C(=O)N(c3nnc(SCc4ccccc4)s3)C2c2cccc([N+](=O)[O-])c2)s1. The second kappa shape index (κ2) is 10.4. The monoisotopic (exact) mass is 565 g/mol. The van der Waals surface area contributed by atoms with Crippen LogP contribution in [0, 0.1) is 24.0 Å². The molecule has 0 aliphatic carbocycles. The zero-order chi connectivity index (χ0) is 27.0. The predicted molar refractivity (Wildman–Crippen MR) is 145 cm³/mol. The Morgan fingerprint density at radius 1 is 1.13 bits per heavy atom. The summed E-state index contributed by atoms with van der Waals surface area (Å²) in [5.41, 5.74) is 1.44. The van der Waals surface area contributed by atoms with Crippen molar-refractivity contribution in [1.29, 1.82) is 0 Å². The van der Waals surface area contributed by atoms with E-state index in [0.717, 1.165) is 28.2 Å². The first-order valence-electron chi connectivity index (χ1n) is 11.2. The van der Waals surface area contributed by atoms with Crippen LogP contribution in [0.1, 0.15) is 37.5 Å². The summed E-state index contributed by atoms with van der Waals surface area (Å²) in [6.45, 7) is 3.43. The molecule has 0 fully saturated rings. The molecule has 1 atom stereocenters. The molecule has 1 aliphatic heterocycles. The zero-order valence-corrected chi connectivity index (χ0v) is 22.5. The number of nitrogens with zero attached hydrogens (tertiary/aromatic N) is 5. The highest BCUT2D eigenvalue weighted by molar-refractivity contribution is 8.00. The molecule has 4 aromatic rings. The van der Waals surface area contributed by atoms with Crippen LogP contribution in [0.25, 0.3) is 0 Å². The van der Waals surface area contributed by atoms with Gasteiger partial charge in [0.2, 0.25) is 10.9 Å². The maximum Gasteiger partial charge on any atom is 0.296 e. The third kappa shape index (κ3) is 4.83. The molecule has 2 aromatic heterocycles. The first-order valence-corrected chi connectivity index (χ1v) is 13.9. The van der Waals surface area contributed by atoms with Gasteiger partial charge in [-0.25, -0.2) is 4.98 Å². The molecule has 13 heteroatoms. The van der Waals surface area contributed by atoms with Crippen molar-refractivity contribution in [2.24, 2.45) is 0 Å². The summed E-state index contributed by atoms with van der Waals surface area (Å²) in [6.07, 6.45) is 0. The van der Waals surface area contributed by atoms with Gasteiger partial charge in [-0.15, -0.1) is 21.5 Å². The van der Waals surface area contributed by atoms with E-state index in [1.165, 1.54) is 34.9 Å². The van der Waals surface area contributed by atoms with E-state index >= 15 is 0 Å². The number of anilines is 1. The molecule has 38 heavy (non-hydrogen) atoms. The van der Waals surface area contributed by atoms with Gasteiger partial charge in [0.1, 0.15) is 0 Å². The lowest BCUT2D eigenvalue weighted by Gasteiger charge is -2.23. The Morgan fingerprint density at radius 3 is 2.58 bits per heavy atom. The number of aromatic nitrogens is 3. The maximum atomic E-state index is 13.7. The molecule has 1 amide bonds. The van der Waals surface area contributed by atoms with Gasteiger partial charge in [0.25, 0.3) is 11.6 Å². The first kappa shape index (κ1) is 25.7. The number of nitro benzene ring substituents is 1. The van der Waals surface area contributed by atoms with Gasteiger partial charge in [-0.1, -0.05) is 65.6 Å². The van der Waals surface area contributed by atoms with Gasteiger partial charge in [0, 0.05) is 17.9 Å². The van der Waals surface area contributed by atoms with E-state index in [4.69, 9.17) is 0 Å². The van der Waals surface area contributed by atoms with E-state index in [9.17, 15) is 24.8 Å². The number of thioether (sulfide) groups is 1. The van der Waals surface area contributed by atoms with E-state index in [1.54, 1.807) is 19.9 Å². The number of amides is 1. The van der Waals surface area contributed by atoms with Gasteiger partial charge in [-0.05, 0) is 25.0 Å². The van der Waals surface area contributed by atoms with E-state index < -0.39 is 28.4 Å². The minimum Gasteiger partial charge on any atom is -0.503 e. The number of benzene rings is 2. The number of aliphatic hydroxyl groups excluding tert-OH is 1. The van der Waals surface area contributed by atoms with Crippen LogP contribution in [0.15, 0.2) is 70.3 Å². The molecular weight excluding hydrogens is 547 g/mol. The number of aryl methyl sites for hydroxylation is 2. The fourth-order valence-electron chi connectivity index (χ4n) is 4.10. The fraction of sp³-hybridized carbons (Fsp3) is 0.160. The molecule has 5 rings (SSSR count). The van der Waals surface area contributed by atoms with Crippen molar-refractivity contribution in [2.45, 2.75) is 30.0 Å². The summed E-state index contributed by atoms with van der Waals surface area (Å²) >= 11 is 3.72. The molecular formula is C25H19N5O5S3. The standard InChI is InChI=1S/C25H19N5O5S3/c1-13-22(37-14(2)26-13)20(31)18-19(16-9-6-10-17(11-16)30(34)35)29(23(33)21(18)32)24-27-28-25(38-24)36-12-15-7-4-3-5-8-15/h3-11,19,32H,12H2,1-2H3. The van der Waals surface area contributed by atoms with Crippen LogP contribution < -0.4 is 4.90 Å². The van der Waals surface area contributed by atoms with Gasteiger partial charge in [0.05, 0.1) is 32.1 Å². The van der Waals surface area contributed by atoms with Crippen molar-refractivity contribution in [2.75, 3.05) is 4.90 Å². The summed E-state index contributed by atoms with van der Waals surface area (Å²) < 4.78 is 0.586. The number of hydrogen-bond acceptors (Lipinski definition) is 11. The van der Waals surface area contributed by atoms with Gasteiger partial charge < -0.3 is 5.11 Å². The number of aliphatic hydroxyl groups is 1. The Kier molecular flexibility index (Phi) is 7.06. The van der Waals surface area contributed by atoms with Crippen LogP contribution in [-0.2, 0) is 10.5 Å². The highest BCUT2D eigenvalue weighted by atomic mass is 32.2. The lowest BCUT2D eigenvalue weighted by atomic mass is 9.95. The predicted octanol–water partition coefficient (Wildman–Crippen LogP) is 5.59. The number of non-ortho nitro benzene ring substituents is 1. The number of carbonyl (C=O) groups excluding carboxylic acids is 2. The summed E-state index contributed by atoms with van der Waals surface area (Å²) in [5, 5.41) is 31.6. The van der Waals surface area contributed by atoms with Crippen molar-refractivity contribution in [3.63, 3.8) is 0 Å². The quantitative estimate of drug-likeness (QED) is 0.0951. The van der Waals surface area contributed by atoms with E-state index in [2.05, 4.69) is 15.2 Å². The van der Waals surface area contributed by atoms with Crippen LogP contribution in [0.3, 0.4) is 0 Å². The molecule has 0 spiro atoms. The minimum absolute atomic E-state index is 0.161. The Morgan fingerprint density at radius 2 is 1.89 bits per heavy atom. The average Bonchev–Trinajstić information content (AvgIpc) is 3.59. The molecule has 1 unspecified atom stereocenters. The molecule has 0 saturated heterocycles. The lowest BCUT2D eigenvalue weighted by Crippen LogP contribution is -2.31. The molecule has 1 aliphatic rings. The number of rotatable bonds is 8. The van der Waals surface area contributed by atoms with Crippen LogP contribution >= 0.6 is 34.4 Å². The number of nitro groups is 1. The fourth-order valence-corrected chi connectivity index (χ4v) is 6.80. The lowest BCUT2D eigenvalue weighted by molar-refractivity contribution is -0.384. The molecule has 0 bridgehead atoms. The molecule has 0 saturated carbocycles. The molecule has 1 N–H and O–H groups in total. The van der Waals surface area contributed by atoms with Crippen LogP contribution in [0.2, 0.25) is 0 Å². The Hall–Kier alpha value is -3.94. The Balaban J connectivity index is 1.55. The van der Waals surface area contributed by atoms with Gasteiger partial charge >= 0.3 is 0 Å². The Bertz CT molecular complexity index is 1600. The number of Topliss-reactive ketones (excluding diaryl/α,β-unsaturated/α-hetero) is 1. The van der Waals surface area contributed by atoms with Crippen molar-refractivity contribution in [3.05, 3.63) is 103 Å². The van der Waals surface area contributed by atoms with Gasteiger partial charge in [-0.3, -0.25) is 24.6 Å². The van der Waals surface area contributed by atoms with E-state index in [0.29, 0.717) is 20.8 Å². The highest BCUT2D eigenvalue weighted by Crippen LogP contribution is 2.45. The molecule has 192 valence electrons. The smallest absolute Gasteiger partial charge is 0.296 e. The highest BCUT2D eigenvalue weighted by Gasteiger charge is 2.47.